The lowest BCUT2D eigenvalue weighted by Crippen LogP contribution is -2.47. The van der Waals surface area contributed by atoms with Gasteiger partial charge in [0.15, 0.2) is 6.54 Å². The number of nitrogens with two attached hydrogens (primary N) is 1. The zero-order chi connectivity index (χ0) is 17.5. The van der Waals surface area contributed by atoms with Crippen LogP contribution in [0.25, 0.3) is 0 Å². The lowest BCUT2D eigenvalue weighted by molar-refractivity contribution is -0.669. The van der Waals surface area contributed by atoms with Gasteiger partial charge in [0, 0.05) is 13.2 Å². The number of rotatable bonds is 7. The second kappa shape index (κ2) is 8.45. The van der Waals surface area contributed by atoms with Gasteiger partial charge in [-0.2, -0.15) is 0 Å². The van der Waals surface area contributed by atoms with Crippen molar-refractivity contribution in [1.82, 2.24) is 0 Å². The molecule has 0 aliphatic carbocycles. The van der Waals surface area contributed by atoms with Gasteiger partial charge < -0.3 is 4.74 Å². The number of aryl methyl sites for hydroxylation is 2. The first-order valence-corrected chi connectivity index (χ1v) is 8.26. The van der Waals surface area contributed by atoms with Gasteiger partial charge in [-0.1, -0.05) is 38.1 Å². The largest absolute Gasteiger partial charge is 0.364 e. The molecule has 128 valence electrons. The molecule has 0 spiro atoms. The molecule has 0 fully saturated rings. The van der Waals surface area contributed by atoms with E-state index in [4.69, 9.17) is 10.5 Å². The summed E-state index contributed by atoms with van der Waals surface area (Å²) in [5.74, 6) is 0.512. The Morgan fingerprint density at radius 3 is 2.33 bits per heavy atom. The zero-order valence-corrected chi connectivity index (χ0v) is 14.7. The second-order valence-corrected chi connectivity index (χ2v) is 5.62. The maximum Gasteiger partial charge on any atom is 0.272 e. The molecule has 1 heterocycles. The topological polar surface area (TPSA) is 59.4 Å². The summed E-state index contributed by atoms with van der Waals surface area (Å²) in [6, 6.07) is 11.7. The van der Waals surface area contributed by atoms with Crippen molar-refractivity contribution in [2.24, 2.45) is 0 Å². The normalized spacial score (nSPS) is 10.6. The molecule has 1 aromatic heterocycles. The molecule has 0 atom stereocenters. The molecule has 24 heavy (non-hydrogen) atoms. The van der Waals surface area contributed by atoms with Gasteiger partial charge in [0.05, 0.1) is 11.9 Å². The molecule has 5 nitrogen and oxygen atoms in total. The molecule has 0 bridgehead atoms. The summed E-state index contributed by atoms with van der Waals surface area (Å²) in [5.41, 5.74) is 9.21. The zero-order valence-electron chi connectivity index (χ0n) is 14.7. The SMILES string of the molecule is CCc1cccc(CC)c1N(COC)C(=O)C[n+]1ccccc1N. The van der Waals surface area contributed by atoms with Crippen LogP contribution in [0.4, 0.5) is 11.5 Å². The molecule has 5 heteroatoms. The molecule has 1 aromatic carbocycles. The van der Waals surface area contributed by atoms with Crippen LogP contribution in [0, 0.1) is 0 Å². The van der Waals surface area contributed by atoms with Crippen molar-refractivity contribution in [3.8, 4) is 0 Å². The van der Waals surface area contributed by atoms with Crippen LogP contribution in [-0.2, 0) is 28.9 Å². The number of nitrogens with zero attached hydrogens (tertiary/aromatic N) is 2. The highest BCUT2D eigenvalue weighted by Crippen LogP contribution is 2.27. The first-order chi connectivity index (χ1) is 11.6. The van der Waals surface area contributed by atoms with Crippen LogP contribution in [0.15, 0.2) is 42.6 Å². The van der Waals surface area contributed by atoms with E-state index in [0.29, 0.717) is 5.82 Å². The molecule has 1 amide bonds. The molecule has 2 aromatic rings. The van der Waals surface area contributed by atoms with E-state index in [2.05, 4.69) is 26.0 Å². The highest BCUT2D eigenvalue weighted by Gasteiger charge is 2.23. The van der Waals surface area contributed by atoms with Gasteiger partial charge >= 0.3 is 0 Å². The Morgan fingerprint density at radius 1 is 1.12 bits per heavy atom. The Hall–Kier alpha value is -2.40. The third-order valence-electron chi connectivity index (χ3n) is 4.08. The fourth-order valence-corrected chi connectivity index (χ4v) is 2.82. The summed E-state index contributed by atoms with van der Waals surface area (Å²) in [4.78, 5) is 14.7. The van der Waals surface area contributed by atoms with E-state index in [0.717, 1.165) is 29.7 Å². The van der Waals surface area contributed by atoms with Gasteiger partial charge in [0.2, 0.25) is 0 Å². The summed E-state index contributed by atoms with van der Waals surface area (Å²) in [5, 5.41) is 0. The Balaban J connectivity index is 2.39. The standard InChI is InChI=1S/C19H25N3O2/c1-4-15-9-8-10-16(5-2)19(15)22(14-24-3)18(23)13-21-12-7-6-11-17(21)20/h6-12,20H,4-5,13-14H2,1-3H3/p+1. The summed E-state index contributed by atoms with van der Waals surface area (Å²) < 4.78 is 7.05. The van der Waals surface area contributed by atoms with E-state index in [1.165, 1.54) is 0 Å². The monoisotopic (exact) mass is 328 g/mol. The molecule has 0 aliphatic heterocycles. The maximum atomic E-state index is 13.0. The van der Waals surface area contributed by atoms with Gasteiger partial charge in [-0.25, -0.2) is 4.57 Å². The minimum atomic E-state index is -0.0460. The lowest BCUT2D eigenvalue weighted by atomic mass is 10.0. The van der Waals surface area contributed by atoms with Crippen LogP contribution in [-0.4, -0.2) is 19.7 Å². The van der Waals surface area contributed by atoms with Crippen molar-refractivity contribution in [3.63, 3.8) is 0 Å². The first-order valence-electron chi connectivity index (χ1n) is 8.26. The maximum absolute atomic E-state index is 13.0. The third kappa shape index (κ3) is 3.92. The van der Waals surface area contributed by atoms with E-state index >= 15 is 0 Å². The van der Waals surface area contributed by atoms with Crippen molar-refractivity contribution in [2.45, 2.75) is 33.2 Å². The number of anilines is 2. The molecule has 2 rings (SSSR count). The van der Waals surface area contributed by atoms with Gasteiger partial charge in [0.25, 0.3) is 11.7 Å². The van der Waals surface area contributed by atoms with E-state index in [1.54, 1.807) is 22.6 Å². The first kappa shape index (κ1) is 17.9. The fourth-order valence-electron chi connectivity index (χ4n) is 2.82. The number of pyridine rings is 1. The number of carbonyl (C=O) groups excluding carboxylic acids is 1. The van der Waals surface area contributed by atoms with Gasteiger partial charge in [-0.3, -0.25) is 15.4 Å². The summed E-state index contributed by atoms with van der Waals surface area (Å²) >= 11 is 0. The van der Waals surface area contributed by atoms with Crippen molar-refractivity contribution >= 4 is 17.4 Å². The average molecular weight is 328 g/mol. The minimum absolute atomic E-state index is 0.0460. The summed E-state index contributed by atoms with van der Waals surface area (Å²) in [6.07, 6.45) is 3.53. The fraction of sp³-hybridized carbons (Fsp3) is 0.368. The number of methoxy groups -OCH3 is 1. The van der Waals surface area contributed by atoms with Crippen molar-refractivity contribution in [2.75, 3.05) is 24.5 Å². The van der Waals surface area contributed by atoms with Crippen LogP contribution in [0.3, 0.4) is 0 Å². The van der Waals surface area contributed by atoms with Crippen LogP contribution < -0.4 is 15.2 Å². The highest BCUT2D eigenvalue weighted by molar-refractivity contribution is 5.94. The van der Waals surface area contributed by atoms with Crippen LogP contribution in [0.5, 0.6) is 0 Å². The molecule has 0 radical (unpaired) electrons. The van der Waals surface area contributed by atoms with E-state index in [-0.39, 0.29) is 19.2 Å². The van der Waals surface area contributed by atoms with E-state index in [9.17, 15) is 4.79 Å². The molecular weight excluding hydrogens is 302 g/mol. The molecule has 0 unspecified atom stereocenters. The number of amides is 1. The Morgan fingerprint density at radius 2 is 1.79 bits per heavy atom. The average Bonchev–Trinajstić information content (AvgIpc) is 2.60. The second-order valence-electron chi connectivity index (χ2n) is 5.62. The smallest absolute Gasteiger partial charge is 0.272 e. The molecular formula is C19H26N3O2+. The summed E-state index contributed by atoms with van der Waals surface area (Å²) in [6.45, 7) is 4.59. The van der Waals surface area contributed by atoms with E-state index in [1.807, 2.05) is 24.4 Å². The molecule has 2 N–H and O–H groups in total. The Bertz CT molecular complexity index is 679. The summed E-state index contributed by atoms with van der Waals surface area (Å²) in [7, 11) is 1.60. The van der Waals surface area contributed by atoms with Crippen molar-refractivity contribution < 1.29 is 14.1 Å². The minimum Gasteiger partial charge on any atom is -0.364 e. The van der Waals surface area contributed by atoms with Crippen molar-refractivity contribution in [3.05, 3.63) is 53.7 Å². The van der Waals surface area contributed by atoms with Gasteiger partial charge in [-0.05, 0) is 30.0 Å². The molecule has 0 saturated heterocycles. The Labute approximate surface area is 143 Å². The van der Waals surface area contributed by atoms with Gasteiger partial charge in [0.1, 0.15) is 6.73 Å². The third-order valence-corrected chi connectivity index (χ3v) is 4.08. The van der Waals surface area contributed by atoms with Gasteiger partial charge in [-0.15, -0.1) is 0 Å². The Kier molecular flexibility index (Phi) is 6.32. The molecule has 0 aliphatic rings. The van der Waals surface area contributed by atoms with E-state index < -0.39 is 0 Å². The van der Waals surface area contributed by atoms with Crippen molar-refractivity contribution in [1.29, 1.82) is 0 Å². The predicted octanol–water partition coefficient (Wildman–Crippen LogP) is 2.32. The number of hydrogen-bond acceptors (Lipinski definition) is 3. The van der Waals surface area contributed by atoms with Crippen LogP contribution in [0.1, 0.15) is 25.0 Å². The number of aromatic nitrogens is 1. The van der Waals surface area contributed by atoms with Crippen LogP contribution in [0.2, 0.25) is 0 Å². The number of hydrogen-bond donors (Lipinski definition) is 1. The molecule has 0 saturated carbocycles. The number of carbonyl (C=O) groups is 1. The number of ether oxygens (including phenoxy) is 1. The lowest BCUT2D eigenvalue weighted by Gasteiger charge is -2.26. The number of benzene rings is 1. The number of nitrogen functional groups attached to an aromatic ring is 1. The quantitative estimate of drug-likeness (QED) is 0.627. The predicted molar refractivity (Wildman–Crippen MR) is 95.6 cm³/mol. The highest BCUT2D eigenvalue weighted by atomic mass is 16.5. The van der Waals surface area contributed by atoms with Crippen LogP contribution >= 0.6 is 0 Å². The number of para-hydroxylation sites is 1.